The van der Waals surface area contributed by atoms with Crippen LogP contribution in [0.1, 0.15) is 36.3 Å². The fourth-order valence-corrected chi connectivity index (χ4v) is 4.88. The minimum Gasteiger partial charge on any atom is -0.480 e. The van der Waals surface area contributed by atoms with Gasteiger partial charge in [-0.2, -0.15) is 0 Å². The van der Waals surface area contributed by atoms with E-state index in [-0.39, 0.29) is 32.0 Å². The Morgan fingerprint density at radius 3 is 2.05 bits per heavy atom. The predicted octanol–water partition coefficient (Wildman–Crippen LogP) is 0.226. The number of carboxylic acid groups (broad SMARTS) is 1. The first-order valence-corrected chi connectivity index (χ1v) is 13.7. The number of rotatable bonds is 15. The van der Waals surface area contributed by atoms with Crippen LogP contribution in [0.25, 0.3) is 11.1 Å². The molecule has 2 aromatic carbocycles. The summed E-state index contributed by atoms with van der Waals surface area (Å²) in [6, 6.07) is 14.0. The Bertz CT molecular complexity index is 1170. The number of likely N-dealkylation sites (N-methyl/N-ethyl adjacent to an activating group) is 1. The van der Waals surface area contributed by atoms with Gasteiger partial charge in [-0.3, -0.25) is 0 Å². The highest BCUT2D eigenvalue weighted by Crippen LogP contribution is 2.44. The number of aliphatic carboxylic acids is 1. The van der Waals surface area contributed by atoms with Gasteiger partial charge in [0.15, 0.2) is 0 Å². The van der Waals surface area contributed by atoms with Crippen LogP contribution in [0.15, 0.2) is 48.5 Å². The monoisotopic (exact) mass is 589 g/mol. The molecule has 0 spiro atoms. The van der Waals surface area contributed by atoms with Crippen LogP contribution in [0.5, 0.6) is 0 Å². The van der Waals surface area contributed by atoms with Crippen molar-refractivity contribution in [2.75, 3.05) is 33.4 Å². The number of carbonyl (C=O) groups is 3. The van der Waals surface area contributed by atoms with Crippen LogP contribution in [-0.2, 0) is 9.53 Å². The lowest BCUT2D eigenvalue weighted by Crippen LogP contribution is -2.51. The van der Waals surface area contributed by atoms with Gasteiger partial charge in [0, 0.05) is 19.5 Å². The zero-order valence-electron chi connectivity index (χ0n) is 23.3. The molecule has 0 heterocycles. The number of carboxylic acids is 1. The van der Waals surface area contributed by atoms with Crippen molar-refractivity contribution in [3.05, 3.63) is 59.7 Å². The van der Waals surface area contributed by atoms with Gasteiger partial charge in [-0.15, -0.1) is 0 Å². The molecule has 0 fully saturated rings. The number of hydrogen-bond donors (Lipinski definition) is 8. The number of nitrogens with zero attached hydrogens (tertiary/aromatic N) is 1. The number of hydrogen-bond acceptors (Lipinski definition) is 9. The maximum Gasteiger partial charge on any atom is 0.407 e. The fraction of sp³-hybridized carbons (Fsp3) is 0.483. The molecule has 0 aromatic heterocycles. The SMILES string of the molecule is CN(C[C@H](O)[C@@H](O)[C@H](O)[C@H](O)CO)C(=O)NCCCC[C@H](NC(=O)OCC1c2ccccc2-c2ccccc21)C(=O)O. The first kappa shape index (κ1) is 32.8. The fourth-order valence-electron chi connectivity index (χ4n) is 4.88. The number of fused-ring (bicyclic) bond motifs is 3. The second-order valence-electron chi connectivity index (χ2n) is 10.3. The van der Waals surface area contributed by atoms with Crippen molar-refractivity contribution in [1.82, 2.24) is 15.5 Å². The summed E-state index contributed by atoms with van der Waals surface area (Å²) in [6.45, 7) is -0.956. The molecule has 1 aliphatic rings. The molecule has 5 atom stereocenters. The van der Waals surface area contributed by atoms with E-state index in [9.17, 15) is 39.9 Å². The molecule has 0 saturated carbocycles. The third-order valence-corrected chi connectivity index (χ3v) is 7.26. The number of carbonyl (C=O) groups excluding carboxylic acids is 2. The minimum absolute atomic E-state index is 0.0540. The third kappa shape index (κ3) is 8.39. The van der Waals surface area contributed by atoms with Crippen LogP contribution >= 0.6 is 0 Å². The van der Waals surface area contributed by atoms with Gasteiger partial charge >= 0.3 is 18.1 Å². The van der Waals surface area contributed by atoms with Crippen LogP contribution in [0, 0.1) is 0 Å². The van der Waals surface area contributed by atoms with E-state index in [2.05, 4.69) is 10.6 Å². The Morgan fingerprint density at radius 1 is 0.905 bits per heavy atom. The van der Waals surface area contributed by atoms with Crippen molar-refractivity contribution >= 4 is 18.1 Å². The predicted molar refractivity (Wildman–Crippen MR) is 151 cm³/mol. The van der Waals surface area contributed by atoms with Gasteiger partial charge in [-0.1, -0.05) is 48.5 Å². The second-order valence-corrected chi connectivity index (χ2v) is 10.3. The lowest BCUT2D eigenvalue weighted by molar-refractivity contribution is -0.139. The Balaban J connectivity index is 1.39. The summed E-state index contributed by atoms with van der Waals surface area (Å²) in [6.07, 6.45) is -6.82. The summed E-state index contributed by atoms with van der Waals surface area (Å²) in [4.78, 5) is 37.5. The van der Waals surface area contributed by atoms with Crippen molar-refractivity contribution < 1.29 is 49.8 Å². The molecule has 3 rings (SSSR count). The van der Waals surface area contributed by atoms with Crippen LogP contribution in [0.3, 0.4) is 0 Å². The molecule has 8 N–H and O–H groups in total. The van der Waals surface area contributed by atoms with Gasteiger partial charge in [-0.05, 0) is 41.5 Å². The molecule has 1 aliphatic carbocycles. The van der Waals surface area contributed by atoms with Gasteiger partial charge in [0.1, 0.15) is 37.1 Å². The third-order valence-electron chi connectivity index (χ3n) is 7.26. The number of urea groups is 1. The number of ether oxygens (including phenoxy) is 1. The maximum atomic E-state index is 12.5. The number of amides is 3. The molecule has 3 amide bonds. The van der Waals surface area contributed by atoms with E-state index in [0.29, 0.717) is 12.8 Å². The molecule has 0 unspecified atom stereocenters. The average Bonchev–Trinajstić information content (AvgIpc) is 3.31. The molecule has 13 nitrogen and oxygen atoms in total. The van der Waals surface area contributed by atoms with Crippen molar-refractivity contribution in [2.24, 2.45) is 0 Å². The highest BCUT2D eigenvalue weighted by atomic mass is 16.5. The van der Waals surface area contributed by atoms with Crippen molar-refractivity contribution in [1.29, 1.82) is 0 Å². The summed E-state index contributed by atoms with van der Waals surface area (Å²) >= 11 is 0. The number of aliphatic hydroxyl groups excluding tert-OH is 5. The molecule has 230 valence electrons. The number of nitrogens with one attached hydrogen (secondary N) is 2. The minimum atomic E-state index is -1.80. The Labute approximate surface area is 243 Å². The Morgan fingerprint density at radius 2 is 1.48 bits per heavy atom. The van der Waals surface area contributed by atoms with Crippen LogP contribution < -0.4 is 10.6 Å². The number of alkyl carbamates (subject to hydrolysis) is 1. The van der Waals surface area contributed by atoms with E-state index in [1.54, 1.807) is 0 Å². The molecule has 2 aromatic rings. The first-order chi connectivity index (χ1) is 20.0. The summed E-state index contributed by atoms with van der Waals surface area (Å²) in [7, 11) is 1.35. The summed E-state index contributed by atoms with van der Waals surface area (Å²) < 4.78 is 5.43. The van der Waals surface area contributed by atoms with Crippen molar-refractivity contribution in [3.8, 4) is 11.1 Å². The lowest BCUT2D eigenvalue weighted by Gasteiger charge is -2.28. The van der Waals surface area contributed by atoms with Gasteiger partial charge in [0.05, 0.1) is 13.2 Å². The number of benzene rings is 2. The van der Waals surface area contributed by atoms with E-state index < -0.39 is 55.2 Å². The van der Waals surface area contributed by atoms with Crippen LogP contribution in [0.2, 0.25) is 0 Å². The molecule has 0 aliphatic heterocycles. The van der Waals surface area contributed by atoms with E-state index in [4.69, 9.17) is 9.84 Å². The molecular formula is C29H39N3O10. The zero-order chi connectivity index (χ0) is 30.8. The van der Waals surface area contributed by atoms with Crippen LogP contribution in [-0.4, -0.2) is 117 Å². The standard InChI is InChI=1S/C29H39N3O10/c1-32(14-23(34)25(36)26(37)24(35)15-33)28(40)30-13-7-6-12-22(27(38)39)31-29(41)42-16-21-19-10-4-2-8-17(19)18-9-3-5-11-20(18)21/h2-5,8-11,21-26,33-37H,6-7,12-16H2,1H3,(H,30,40)(H,31,41)(H,38,39)/t22-,23-,24+,25+,26+/m0/s1. The first-order valence-electron chi connectivity index (χ1n) is 13.7. The van der Waals surface area contributed by atoms with Crippen molar-refractivity contribution in [3.63, 3.8) is 0 Å². The molecule has 0 saturated heterocycles. The molecule has 0 radical (unpaired) electrons. The molecular weight excluding hydrogens is 550 g/mol. The molecule has 13 heteroatoms. The highest BCUT2D eigenvalue weighted by molar-refractivity contribution is 5.81. The normalized spacial score (nSPS) is 15.9. The quantitative estimate of drug-likeness (QED) is 0.133. The van der Waals surface area contributed by atoms with E-state index in [0.717, 1.165) is 27.2 Å². The van der Waals surface area contributed by atoms with E-state index >= 15 is 0 Å². The average molecular weight is 590 g/mol. The molecule has 42 heavy (non-hydrogen) atoms. The van der Waals surface area contributed by atoms with Crippen molar-refractivity contribution in [2.45, 2.75) is 55.6 Å². The number of unbranched alkanes of at least 4 members (excludes halogenated alkanes) is 1. The van der Waals surface area contributed by atoms with Crippen LogP contribution in [0.4, 0.5) is 9.59 Å². The largest absolute Gasteiger partial charge is 0.480 e. The summed E-state index contributed by atoms with van der Waals surface area (Å²) in [5.41, 5.74) is 4.24. The zero-order valence-corrected chi connectivity index (χ0v) is 23.3. The van der Waals surface area contributed by atoms with E-state index in [1.165, 1.54) is 7.05 Å². The van der Waals surface area contributed by atoms with E-state index in [1.807, 2.05) is 48.5 Å². The second kappa shape index (κ2) is 15.5. The summed E-state index contributed by atoms with van der Waals surface area (Å²) in [5, 5.41) is 62.3. The van der Waals surface area contributed by atoms with Gasteiger partial charge in [0.2, 0.25) is 0 Å². The Hall–Kier alpha value is -3.75. The lowest BCUT2D eigenvalue weighted by atomic mass is 9.98. The highest BCUT2D eigenvalue weighted by Gasteiger charge is 2.32. The number of aliphatic hydroxyl groups is 5. The smallest absolute Gasteiger partial charge is 0.407 e. The van der Waals surface area contributed by atoms with Gasteiger partial charge in [-0.25, -0.2) is 14.4 Å². The Kier molecular flexibility index (Phi) is 12.1. The maximum absolute atomic E-state index is 12.5. The summed E-state index contributed by atoms with van der Waals surface area (Å²) in [5.74, 6) is -1.37. The van der Waals surface area contributed by atoms with Gasteiger partial charge in [0.25, 0.3) is 0 Å². The topological polar surface area (TPSA) is 209 Å². The van der Waals surface area contributed by atoms with Gasteiger partial charge < -0.3 is 50.9 Å². The molecule has 0 bridgehead atoms.